The normalized spacial score (nSPS) is 14.5. The van der Waals surface area contributed by atoms with Crippen LogP contribution in [0.1, 0.15) is 22.6 Å². The third-order valence-corrected chi connectivity index (χ3v) is 5.45. The number of aromatic nitrogens is 2. The van der Waals surface area contributed by atoms with Crippen LogP contribution in [0.5, 0.6) is 23.1 Å². The molecule has 148 valence electrons. The van der Waals surface area contributed by atoms with E-state index < -0.39 is 0 Å². The van der Waals surface area contributed by atoms with Crippen molar-refractivity contribution in [1.82, 2.24) is 9.55 Å². The molecular formula is C23H17N3O3S. The molecule has 1 aromatic heterocycles. The fourth-order valence-corrected chi connectivity index (χ4v) is 4.12. The molecule has 7 heteroatoms. The molecule has 4 N–H and O–H groups in total. The van der Waals surface area contributed by atoms with Gasteiger partial charge >= 0.3 is 0 Å². The number of rotatable bonds is 2. The Bertz CT molecular complexity index is 1320. The van der Waals surface area contributed by atoms with Gasteiger partial charge in [-0.15, -0.1) is 0 Å². The van der Waals surface area contributed by atoms with Gasteiger partial charge < -0.3 is 20.7 Å². The van der Waals surface area contributed by atoms with E-state index in [1.807, 2.05) is 42.5 Å². The van der Waals surface area contributed by atoms with Gasteiger partial charge in [0.2, 0.25) is 10.7 Å². The van der Waals surface area contributed by atoms with E-state index in [0.717, 1.165) is 16.8 Å². The summed E-state index contributed by atoms with van der Waals surface area (Å²) in [5.74, 6) is 1.16. The van der Waals surface area contributed by atoms with Crippen molar-refractivity contribution in [3.63, 3.8) is 0 Å². The van der Waals surface area contributed by atoms with Crippen molar-refractivity contribution >= 4 is 18.0 Å². The predicted molar refractivity (Wildman–Crippen MR) is 116 cm³/mol. The Labute approximate surface area is 177 Å². The lowest BCUT2D eigenvalue weighted by atomic mass is 9.83. The van der Waals surface area contributed by atoms with Gasteiger partial charge in [0.15, 0.2) is 0 Å². The number of hydrogen-bond donors (Lipinski definition) is 3. The van der Waals surface area contributed by atoms with Gasteiger partial charge in [0, 0.05) is 23.2 Å². The van der Waals surface area contributed by atoms with Crippen LogP contribution in [0.4, 0.5) is 5.82 Å². The van der Waals surface area contributed by atoms with E-state index in [4.69, 9.17) is 22.7 Å². The topological polar surface area (TPSA) is 93.5 Å². The van der Waals surface area contributed by atoms with Gasteiger partial charge in [-0.2, -0.15) is 4.98 Å². The monoisotopic (exact) mass is 415 g/mol. The van der Waals surface area contributed by atoms with E-state index in [1.54, 1.807) is 34.9 Å². The molecule has 0 amide bonds. The van der Waals surface area contributed by atoms with Crippen LogP contribution in [-0.4, -0.2) is 19.8 Å². The summed E-state index contributed by atoms with van der Waals surface area (Å²) >= 11 is 5.51. The first-order valence-electron chi connectivity index (χ1n) is 9.30. The number of aromatic hydroxyl groups is 2. The van der Waals surface area contributed by atoms with Crippen molar-refractivity contribution < 1.29 is 14.9 Å². The number of nitrogen functional groups attached to an aromatic ring is 1. The van der Waals surface area contributed by atoms with Crippen molar-refractivity contribution in [1.29, 1.82) is 0 Å². The molecule has 0 saturated carbocycles. The van der Waals surface area contributed by atoms with Crippen LogP contribution in [0.15, 0.2) is 72.8 Å². The van der Waals surface area contributed by atoms with Gasteiger partial charge in [0.1, 0.15) is 23.1 Å². The van der Waals surface area contributed by atoms with E-state index in [0.29, 0.717) is 23.0 Å². The number of para-hydroxylation sites is 1. The third-order valence-electron chi connectivity index (χ3n) is 5.18. The number of anilines is 1. The second-order valence-electron chi connectivity index (χ2n) is 7.02. The Morgan fingerprint density at radius 1 is 0.933 bits per heavy atom. The second kappa shape index (κ2) is 6.89. The predicted octanol–water partition coefficient (Wildman–Crippen LogP) is 4.88. The summed E-state index contributed by atoms with van der Waals surface area (Å²) in [6.45, 7) is 0. The standard InChI is InChI=1S/C23H17N3O3S/c24-21-20-19(13-6-8-15(27)9-7-13)17-11-10-16(28)12-18(17)29-22(20)25-23(30)26(21)14-4-2-1-3-5-14/h1-12,19,27-28H,24H2. The molecule has 4 aromatic rings. The Hall–Kier alpha value is -3.84. The molecule has 30 heavy (non-hydrogen) atoms. The van der Waals surface area contributed by atoms with Crippen LogP contribution in [-0.2, 0) is 0 Å². The van der Waals surface area contributed by atoms with Crippen LogP contribution < -0.4 is 10.5 Å². The number of fused-ring (bicyclic) bond motifs is 2. The molecule has 5 rings (SSSR count). The van der Waals surface area contributed by atoms with E-state index in [2.05, 4.69) is 4.98 Å². The summed E-state index contributed by atoms with van der Waals surface area (Å²) in [7, 11) is 0. The lowest BCUT2D eigenvalue weighted by Crippen LogP contribution is -2.19. The molecule has 1 unspecified atom stereocenters. The molecule has 0 radical (unpaired) electrons. The molecule has 0 aliphatic carbocycles. The second-order valence-corrected chi connectivity index (χ2v) is 7.38. The molecule has 0 spiro atoms. The number of ether oxygens (including phenoxy) is 1. The molecule has 0 fully saturated rings. The molecular weight excluding hydrogens is 398 g/mol. The average Bonchev–Trinajstić information content (AvgIpc) is 2.73. The van der Waals surface area contributed by atoms with Crippen molar-refractivity contribution in [2.24, 2.45) is 0 Å². The van der Waals surface area contributed by atoms with E-state index >= 15 is 0 Å². The van der Waals surface area contributed by atoms with Crippen molar-refractivity contribution in [2.45, 2.75) is 5.92 Å². The van der Waals surface area contributed by atoms with Gasteiger partial charge in [-0.3, -0.25) is 4.57 Å². The van der Waals surface area contributed by atoms with Crippen molar-refractivity contribution in [3.8, 4) is 28.8 Å². The Balaban J connectivity index is 1.81. The van der Waals surface area contributed by atoms with Crippen molar-refractivity contribution in [2.75, 3.05) is 5.73 Å². The van der Waals surface area contributed by atoms with E-state index in [1.165, 1.54) is 0 Å². The quantitative estimate of drug-likeness (QED) is 0.356. The van der Waals surface area contributed by atoms with Crippen LogP contribution >= 0.6 is 12.2 Å². The molecule has 1 atom stereocenters. The lowest BCUT2D eigenvalue weighted by Gasteiger charge is -2.30. The Morgan fingerprint density at radius 2 is 1.63 bits per heavy atom. The zero-order valence-electron chi connectivity index (χ0n) is 15.7. The number of hydrogen-bond acceptors (Lipinski definition) is 6. The molecule has 0 bridgehead atoms. The highest BCUT2D eigenvalue weighted by Crippen LogP contribution is 2.49. The smallest absolute Gasteiger partial charge is 0.229 e. The highest BCUT2D eigenvalue weighted by Gasteiger charge is 2.33. The summed E-state index contributed by atoms with van der Waals surface area (Å²) in [6.07, 6.45) is 0. The molecule has 1 aliphatic rings. The molecule has 3 aromatic carbocycles. The minimum absolute atomic E-state index is 0.0866. The summed E-state index contributed by atoms with van der Waals surface area (Å²) in [5, 5.41) is 19.7. The number of benzene rings is 3. The van der Waals surface area contributed by atoms with Gasteiger partial charge in [-0.1, -0.05) is 36.4 Å². The minimum atomic E-state index is -0.317. The maximum absolute atomic E-state index is 9.95. The van der Waals surface area contributed by atoms with Crippen molar-refractivity contribution in [3.05, 3.63) is 94.3 Å². The maximum Gasteiger partial charge on any atom is 0.229 e. The third kappa shape index (κ3) is 2.87. The first-order valence-corrected chi connectivity index (χ1v) is 9.71. The van der Waals surface area contributed by atoms with Crippen LogP contribution in [0.2, 0.25) is 0 Å². The molecule has 2 heterocycles. The lowest BCUT2D eigenvalue weighted by molar-refractivity contribution is 0.420. The van der Waals surface area contributed by atoms with Crippen LogP contribution in [0.25, 0.3) is 5.69 Å². The molecule has 6 nitrogen and oxygen atoms in total. The van der Waals surface area contributed by atoms with Gasteiger partial charge in [0.25, 0.3) is 0 Å². The number of phenolic OH excluding ortho intramolecular Hbond substituents is 2. The summed E-state index contributed by atoms with van der Waals surface area (Å²) in [5.41, 5.74) is 9.87. The summed E-state index contributed by atoms with van der Waals surface area (Å²) in [4.78, 5) is 4.52. The zero-order valence-corrected chi connectivity index (χ0v) is 16.5. The summed E-state index contributed by atoms with van der Waals surface area (Å²) < 4.78 is 7.99. The number of phenols is 2. The Kier molecular flexibility index (Phi) is 4.18. The number of nitrogens with zero attached hydrogens (tertiary/aromatic N) is 2. The number of nitrogens with two attached hydrogens (primary N) is 1. The minimum Gasteiger partial charge on any atom is -0.508 e. The fraction of sp³-hybridized carbons (Fsp3) is 0.0435. The van der Waals surface area contributed by atoms with E-state index in [9.17, 15) is 10.2 Å². The van der Waals surface area contributed by atoms with Gasteiger partial charge in [0.05, 0.1) is 5.56 Å². The van der Waals surface area contributed by atoms with Crippen LogP contribution in [0.3, 0.4) is 0 Å². The van der Waals surface area contributed by atoms with Gasteiger partial charge in [-0.25, -0.2) is 0 Å². The van der Waals surface area contributed by atoms with E-state index in [-0.39, 0.29) is 22.2 Å². The molecule has 1 aliphatic heterocycles. The maximum atomic E-state index is 9.95. The highest BCUT2D eigenvalue weighted by atomic mass is 32.1. The first kappa shape index (κ1) is 18.2. The molecule has 0 saturated heterocycles. The first-order chi connectivity index (χ1) is 14.5. The SMILES string of the molecule is Nc1c2c(nc(=S)n1-c1ccccc1)Oc1cc(O)ccc1C2c1ccc(O)cc1. The van der Waals surface area contributed by atoms with Crippen LogP contribution in [0, 0.1) is 4.77 Å². The average molecular weight is 415 g/mol. The summed E-state index contributed by atoms with van der Waals surface area (Å²) in [6, 6.07) is 21.4. The fourth-order valence-electron chi connectivity index (χ4n) is 3.83. The van der Waals surface area contributed by atoms with Gasteiger partial charge in [-0.05, 0) is 48.1 Å². The largest absolute Gasteiger partial charge is 0.508 e. The Morgan fingerprint density at radius 3 is 2.37 bits per heavy atom. The highest BCUT2D eigenvalue weighted by molar-refractivity contribution is 7.71. The zero-order chi connectivity index (χ0) is 20.8.